The van der Waals surface area contributed by atoms with Crippen LogP contribution in [0.4, 0.5) is 0 Å². The van der Waals surface area contributed by atoms with Crippen molar-refractivity contribution in [2.45, 2.75) is 65.3 Å². The van der Waals surface area contributed by atoms with Gasteiger partial charge in [-0.15, -0.1) is 0 Å². The van der Waals surface area contributed by atoms with Crippen LogP contribution in [-0.4, -0.2) is 21.4 Å². The van der Waals surface area contributed by atoms with Gasteiger partial charge in [-0.25, -0.2) is 0 Å². The smallest absolute Gasteiger partial charge is 0.308 e. The number of esters is 1. The first kappa shape index (κ1) is 19.9. The molecule has 1 aromatic carbocycles. The fraction of sp³-hybridized carbons (Fsp3) is 0.632. The van der Waals surface area contributed by atoms with Crippen molar-refractivity contribution in [2.24, 2.45) is 5.92 Å². The molecule has 1 rings (SSSR count). The van der Waals surface area contributed by atoms with Gasteiger partial charge in [0.25, 0.3) is 0 Å². The highest BCUT2D eigenvalue weighted by molar-refractivity contribution is 6.74. The summed E-state index contributed by atoms with van der Waals surface area (Å²) in [4.78, 5) is 11.5. The number of benzene rings is 1. The van der Waals surface area contributed by atoms with E-state index in [-0.39, 0.29) is 23.0 Å². The maximum absolute atomic E-state index is 11.5. The van der Waals surface area contributed by atoms with Gasteiger partial charge in [0, 0.05) is 0 Å². The Bertz CT molecular complexity index is 514. The number of hydrogen-bond donors (Lipinski definition) is 0. The number of hydrogen-bond acceptors (Lipinski definition) is 3. The third kappa shape index (κ3) is 5.46. The lowest BCUT2D eigenvalue weighted by atomic mass is 9.99. The van der Waals surface area contributed by atoms with E-state index in [1.807, 2.05) is 6.92 Å². The fourth-order valence-corrected chi connectivity index (χ4v) is 3.62. The average Bonchev–Trinajstić information content (AvgIpc) is 2.45. The van der Waals surface area contributed by atoms with Gasteiger partial charge in [-0.1, -0.05) is 52.0 Å². The monoisotopic (exact) mass is 336 g/mol. The zero-order chi connectivity index (χ0) is 17.8. The Labute approximate surface area is 142 Å². The maximum atomic E-state index is 11.5. The summed E-state index contributed by atoms with van der Waals surface area (Å²) in [6.45, 7) is 15.3. The summed E-state index contributed by atoms with van der Waals surface area (Å²) >= 11 is 0. The summed E-state index contributed by atoms with van der Waals surface area (Å²) < 4.78 is 11.2. The van der Waals surface area contributed by atoms with E-state index in [0.29, 0.717) is 6.42 Å². The van der Waals surface area contributed by atoms with Crippen LogP contribution in [0.15, 0.2) is 24.3 Å². The molecule has 0 aliphatic carbocycles. The van der Waals surface area contributed by atoms with Gasteiger partial charge in [-0.2, -0.15) is 0 Å². The first-order valence-electron chi connectivity index (χ1n) is 8.32. The first-order valence-corrected chi connectivity index (χ1v) is 11.2. The summed E-state index contributed by atoms with van der Waals surface area (Å²) in [5, 5.41) is 0.206. The molecule has 0 bridgehead atoms. The molecule has 0 saturated heterocycles. The van der Waals surface area contributed by atoms with Crippen LogP contribution in [0.25, 0.3) is 0 Å². The lowest BCUT2D eigenvalue weighted by Gasteiger charge is -2.38. The SMILES string of the molecule is COC(=O)C(C)Cc1ccc(C(C)O[Si](C)(C)C(C)(C)C)cc1. The van der Waals surface area contributed by atoms with Crippen molar-refractivity contribution in [1.29, 1.82) is 0 Å². The summed E-state index contributed by atoms with van der Waals surface area (Å²) in [7, 11) is -0.339. The van der Waals surface area contributed by atoms with E-state index < -0.39 is 8.32 Å². The molecule has 0 N–H and O–H groups in total. The van der Waals surface area contributed by atoms with Crippen molar-refractivity contribution in [3.05, 3.63) is 35.4 Å². The summed E-state index contributed by atoms with van der Waals surface area (Å²) in [5.74, 6) is -0.282. The van der Waals surface area contributed by atoms with Crippen LogP contribution in [0.2, 0.25) is 18.1 Å². The van der Waals surface area contributed by atoms with Crippen molar-refractivity contribution in [3.63, 3.8) is 0 Å². The second-order valence-electron chi connectivity index (χ2n) is 7.89. The topological polar surface area (TPSA) is 35.5 Å². The fourth-order valence-electron chi connectivity index (χ4n) is 2.25. The molecule has 3 nitrogen and oxygen atoms in total. The van der Waals surface area contributed by atoms with Gasteiger partial charge < -0.3 is 9.16 Å². The van der Waals surface area contributed by atoms with E-state index in [2.05, 4.69) is 65.1 Å². The standard InChI is InChI=1S/C19H32O3Si/c1-14(18(20)21-6)13-16-9-11-17(12-10-16)15(2)22-23(7,8)19(3,4)5/h9-12,14-15H,13H2,1-8H3. The van der Waals surface area contributed by atoms with E-state index in [0.717, 1.165) is 5.56 Å². The largest absolute Gasteiger partial charge is 0.469 e. The van der Waals surface area contributed by atoms with Gasteiger partial charge in [0.1, 0.15) is 0 Å². The molecule has 2 unspecified atom stereocenters. The average molecular weight is 337 g/mol. The van der Waals surface area contributed by atoms with E-state index in [1.165, 1.54) is 12.7 Å². The summed E-state index contributed by atoms with van der Waals surface area (Å²) in [5.41, 5.74) is 2.33. The lowest BCUT2D eigenvalue weighted by Crippen LogP contribution is -2.41. The van der Waals surface area contributed by atoms with Crippen LogP contribution in [0.1, 0.15) is 51.8 Å². The van der Waals surface area contributed by atoms with E-state index in [4.69, 9.17) is 9.16 Å². The van der Waals surface area contributed by atoms with Gasteiger partial charge in [-0.3, -0.25) is 4.79 Å². The molecule has 130 valence electrons. The molecule has 0 aliphatic heterocycles. The lowest BCUT2D eigenvalue weighted by molar-refractivity contribution is -0.144. The predicted molar refractivity (Wildman–Crippen MR) is 98.0 cm³/mol. The number of methoxy groups -OCH3 is 1. The first-order chi connectivity index (χ1) is 10.5. The Hall–Kier alpha value is -1.13. The van der Waals surface area contributed by atoms with Gasteiger partial charge >= 0.3 is 5.97 Å². The molecule has 0 spiro atoms. The molecule has 1 aromatic rings. The Morgan fingerprint density at radius 3 is 2.09 bits per heavy atom. The van der Waals surface area contributed by atoms with Crippen molar-refractivity contribution in [3.8, 4) is 0 Å². The number of ether oxygens (including phenoxy) is 1. The van der Waals surface area contributed by atoms with E-state index >= 15 is 0 Å². The third-order valence-electron chi connectivity index (χ3n) is 4.87. The number of carbonyl (C=O) groups excluding carboxylic acids is 1. The molecular formula is C19H32O3Si. The highest BCUT2D eigenvalue weighted by Gasteiger charge is 2.38. The van der Waals surface area contributed by atoms with Gasteiger partial charge in [-0.05, 0) is 42.6 Å². The van der Waals surface area contributed by atoms with E-state index in [9.17, 15) is 4.79 Å². The summed E-state index contributed by atoms with van der Waals surface area (Å²) in [6, 6.07) is 8.38. The van der Waals surface area contributed by atoms with E-state index in [1.54, 1.807) is 0 Å². The van der Waals surface area contributed by atoms with Crippen molar-refractivity contribution in [2.75, 3.05) is 7.11 Å². The molecule has 2 atom stereocenters. The minimum Gasteiger partial charge on any atom is -0.469 e. The molecule has 0 aliphatic rings. The maximum Gasteiger partial charge on any atom is 0.308 e. The van der Waals surface area contributed by atoms with Crippen molar-refractivity contribution >= 4 is 14.3 Å². The van der Waals surface area contributed by atoms with Crippen molar-refractivity contribution < 1.29 is 14.0 Å². The molecule has 0 aromatic heterocycles. The Kier molecular flexibility index (Phi) is 6.60. The highest BCUT2D eigenvalue weighted by Crippen LogP contribution is 2.39. The minimum absolute atomic E-state index is 0.0861. The molecule has 0 saturated carbocycles. The van der Waals surface area contributed by atoms with Crippen LogP contribution < -0.4 is 0 Å². The molecule has 4 heteroatoms. The second-order valence-corrected chi connectivity index (χ2v) is 12.6. The molecule has 0 heterocycles. The number of carbonyl (C=O) groups is 1. The Balaban J connectivity index is 2.75. The molecular weight excluding hydrogens is 304 g/mol. The Morgan fingerprint density at radius 2 is 1.65 bits per heavy atom. The van der Waals surface area contributed by atoms with Crippen LogP contribution in [0, 0.1) is 5.92 Å². The van der Waals surface area contributed by atoms with Crippen LogP contribution in [0.5, 0.6) is 0 Å². The van der Waals surface area contributed by atoms with Crippen LogP contribution in [0.3, 0.4) is 0 Å². The van der Waals surface area contributed by atoms with Gasteiger partial charge in [0.05, 0.1) is 19.1 Å². The Morgan fingerprint density at radius 1 is 1.13 bits per heavy atom. The van der Waals surface area contributed by atoms with Crippen LogP contribution in [-0.2, 0) is 20.4 Å². The molecule has 0 radical (unpaired) electrons. The zero-order valence-corrected chi connectivity index (χ0v) is 16.9. The predicted octanol–water partition coefficient (Wildman–Crippen LogP) is 5.12. The van der Waals surface area contributed by atoms with Gasteiger partial charge in [0.15, 0.2) is 8.32 Å². The highest BCUT2D eigenvalue weighted by atomic mass is 28.4. The van der Waals surface area contributed by atoms with Crippen LogP contribution >= 0.6 is 0 Å². The molecule has 0 amide bonds. The number of rotatable bonds is 6. The quantitative estimate of drug-likeness (QED) is 0.534. The zero-order valence-electron chi connectivity index (χ0n) is 15.9. The normalized spacial score (nSPS) is 15.1. The summed E-state index contributed by atoms with van der Waals surface area (Å²) in [6.07, 6.45) is 0.785. The van der Waals surface area contributed by atoms with Gasteiger partial charge in [0.2, 0.25) is 0 Å². The van der Waals surface area contributed by atoms with Crippen molar-refractivity contribution in [1.82, 2.24) is 0 Å². The third-order valence-corrected chi connectivity index (χ3v) is 9.43. The minimum atomic E-state index is -1.77. The molecule has 23 heavy (non-hydrogen) atoms. The second kappa shape index (κ2) is 7.62. The molecule has 0 fully saturated rings.